The third-order valence-corrected chi connectivity index (χ3v) is 3.76. The summed E-state index contributed by atoms with van der Waals surface area (Å²) in [7, 11) is 3.07. The summed E-state index contributed by atoms with van der Waals surface area (Å²) in [5.41, 5.74) is 3.78. The van der Waals surface area contributed by atoms with E-state index in [1.165, 1.54) is 19.2 Å². The first-order valence-electron chi connectivity index (χ1n) is 7.36. The van der Waals surface area contributed by atoms with E-state index in [1.54, 1.807) is 36.0 Å². The number of aryl methyl sites for hydroxylation is 1. The number of amides is 1. The van der Waals surface area contributed by atoms with E-state index in [-0.39, 0.29) is 5.69 Å². The maximum absolute atomic E-state index is 14.3. The number of aromatic nitrogens is 2. The van der Waals surface area contributed by atoms with E-state index < -0.39 is 11.7 Å². The molecule has 0 saturated carbocycles. The van der Waals surface area contributed by atoms with Crippen molar-refractivity contribution in [1.82, 2.24) is 15.0 Å². The van der Waals surface area contributed by atoms with E-state index in [4.69, 9.17) is 11.3 Å². The number of fused-ring (bicyclic) bond motifs is 1. The number of carbonyl (C=O) groups excluding carboxylic acids is 1. The molecule has 1 amide bonds. The molecule has 0 atom stereocenters. The lowest BCUT2D eigenvalue weighted by Gasteiger charge is -2.11. The molecule has 2 heterocycles. The van der Waals surface area contributed by atoms with Crippen molar-refractivity contribution in [3.63, 3.8) is 0 Å². The summed E-state index contributed by atoms with van der Waals surface area (Å²) in [5.74, 6) is 1.77. The van der Waals surface area contributed by atoms with Crippen LogP contribution in [0.15, 0.2) is 36.5 Å². The van der Waals surface area contributed by atoms with E-state index in [9.17, 15) is 9.18 Å². The largest absolute Gasteiger partial charge is 0.339 e. The van der Waals surface area contributed by atoms with Gasteiger partial charge in [0.15, 0.2) is 0 Å². The van der Waals surface area contributed by atoms with Crippen molar-refractivity contribution >= 4 is 28.4 Å². The Morgan fingerprint density at radius 3 is 2.88 bits per heavy atom. The van der Waals surface area contributed by atoms with Gasteiger partial charge in [0, 0.05) is 24.2 Å². The highest BCUT2D eigenvalue weighted by atomic mass is 19.1. The lowest BCUT2D eigenvalue weighted by molar-refractivity contribution is 0.0540. The van der Waals surface area contributed by atoms with Crippen LogP contribution >= 0.6 is 0 Å². The SMILES string of the molecule is C#Cc1ccc(Nc2c(C(=O)NOC)c3cccnc3n2C)c(F)c1. The lowest BCUT2D eigenvalue weighted by Crippen LogP contribution is -2.22. The van der Waals surface area contributed by atoms with Crippen molar-refractivity contribution < 1.29 is 14.0 Å². The number of hydrogen-bond donors (Lipinski definition) is 2. The second kappa shape index (κ2) is 6.63. The van der Waals surface area contributed by atoms with E-state index >= 15 is 0 Å². The van der Waals surface area contributed by atoms with Gasteiger partial charge in [-0.15, -0.1) is 6.42 Å². The van der Waals surface area contributed by atoms with Crippen molar-refractivity contribution in [3.05, 3.63) is 53.5 Å². The first-order valence-corrected chi connectivity index (χ1v) is 7.36. The molecule has 126 valence electrons. The van der Waals surface area contributed by atoms with Crippen molar-refractivity contribution in [3.8, 4) is 12.3 Å². The fourth-order valence-electron chi connectivity index (χ4n) is 2.61. The molecule has 0 radical (unpaired) electrons. The Morgan fingerprint density at radius 2 is 2.20 bits per heavy atom. The van der Waals surface area contributed by atoms with Gasteiger partial charge in [0.2, 0.25) is 0 Å². The zero-order chi connectivity index (χ0) is 18.0. The molecule has 6 nitrogen and oxygen atoms in total. The number of terminal acetylenes is 1. The summed E-state index contributed by atoms with van der Waals surface area (Å²) in [4.78, 5) is 21.4. The normalized spacial score (nSPS) is 10.5. The number of rotatable bonds is 4. The predicted molar refractivity (Wildman–Crippen MR) is 92.8 cm³/mol. The minimum Gasteiger partial charge on any atom is -0.339 e. The van der Waals surface area contributed by atoms with Crippen LogP contribution < -0.4 is 10.8 Å². The lowest BCUT2D eigenvalue weighted by atomic mass is 10.1. The van der Waals surface area contributed by atoms with Gasteiger partial charge in [-0.25, -0.2) is 14.9 Å². The molecule has 0 aliphatic rings. The summed E-state index contributed by atoms with van der Waals surface area (Å²) in [6.07, 6.45) is 6.89. The van der Waals surface area contributed by atoms with Crippen LogP contribution in [0.3, 0.4) is 0 Å². The summed E-state index contributed by atoms with van der Waals surface area (Å²) < 4.78 is 16.0. The molecular formula is C18H15FN4O2. The third-order valence-electron chi connectivity index (χ3n) is 3.76. The quantitative estimate of drug-likeness (QED) is 0.567. The molecule has 3 rings (SSSR count). The molecule has 0 aliphatic carbocycles. The number of halogens is 1. The number of nitrogens with zero attached hydrogens (tertiary/aromatic N) is 2. The Kier molecular flexibility index (Phi) is 4.37. The predicted octanol–water partition coefficient (Wildman–Crippen LogP) is 2.73. The van der Waals surface area contributed by atoms with Gasteiger partial charge in [0.05, 0.1) is 18.4 Å². The fraction of sp³-hybridized carbons (Fsp3) is 0.111. The average molecular weight is 338 g/mol. The number of nitrogens with one attached hydrogen (secondary N) is 2. The highest BCUT2D eigenvalue weighted by molar-refractivity contribution is 6.11. The van der Waals surface area contributed by atoms with Gasteiger partial charge < -0.3 is 9.88 Å². The average Bonchev–Trinajstić information content (AvgIpc) is 2.89. The molecule has 0 fully saturated rings. The van der Waals surface area contributed by atoms with Gasteiger partial charge in [-0.3, -0.25) is 9.63 Å². The minimum atomic E-state index is -0.522. The highest BCUT2D eigenvalue weighted by Crippen LogP contribution is 2.31. The molecule has 0 saturated heterocycles. The molecule has 25 heavy (non-hydrogen) atoms. The van der Waals surface area contributed by atoms with E-state index in [0.29, 0.717) is 28.0 Å². The van der Waals surface area contributed by atoms with Crippen molar-refractivity contribution in [2.75, 3.05) is 12.4 Å². The number of benzene rings is 1. The molecule has 7 heteroatoms. The van der Waals surface area contributed by atoms with Gasteiger partial charge in [-0.1, -0.05) is 5.92 Å². The molecule has 0 aliphatic heterocycles. The van der Waals surface area contributed by atoms with Gasteiger partial charge in [-0.2, -0.15) is 0 Å². The molecule has 0 spiro atoms. The number of pyridine rings is 1. The first-order chi connectivity index (χ1) is 12.1. The van der Waals surface area contributed by atoms with Crippen LogP contribution in [0.4, 0.5) is 15.9 Å². The minimum absolute atomic E-state index is 0.191. The Hall–Kier alpha value is -3.37. The molecular weight excluding hydrogens is 323 g/mol. The molecule has 2 N–H and O–H groups in total. The number of carbonyl (C=O) groups is 1. The zero-order valence-corrected chi connectivity index (χ0v) is 13.6. The monoisotopic (exact) mass is 338 g/mol. The fourth-order valence-corrected chi connectivity index (χ4v) is 2.61. The summed E-state index contributed by atoms with van der Waals surface area (Å²) in [6.45, 7) is 0. The Labute approximate surface area is 143 Å². The summed E-state index contributed by atoms with van der Waals surface area (Å²) in [6, 6.07) is 7.86. The van der Waals surface area contributed by atoms with E-state index in [1.807, 2.05) is 0 Å². The topological polar surface area (TPSA) is 68.2 Å². The molecule has 2 aromatic heterocycles. The number of hydroxylamine groups is 1. The van der Waals surface area contributed by atoms with Crippen LogP contribution in [0, 0.1) is 18.2 Å². The van der Waals surface area contributed by atoms with Gasteiger partial charge in [0.25, 0.3) is 5.91 Å². The second-order valence-electron chi connectivity index (χ2n) is 5.26. The van der Waals surface area contributed by atoms with Crippen LogP contribution in [0.1, 0.15) is 15.9 Å². The van der Waals surface area contributed by atoms with Crippen molar-refractivity contribution in [2.45, 2.75) is 0 Å². The van der Waals surface area contributed by atoms with Crippen LogP contribution in [-0.4, -0.2) is 22.6 Å². The molecule has 0 unspecified atom stereocenters. The Morgan fingerprint density at radius 1 is 1.40 bits per heavy atom. The maximum Gasteiger partial charge on any atom is 0.279 e. The van der Waals surface area contributed by atoms with E-state index in [2.05, 4.69) is 21.7 Å². The molecule has 0 bridgehead atoms. The number of anilines is 2. The van der Waals surface area contributed by atoms with Gasteiger partial charge in [-0.05, 0) is 30.3 Å². The number of hydrogen-bond acceptors (Lipinski definition) is 4. The molecule has 3 aromatic rings. The van der Waals surface area contributed by atoms with E-state index in [0.717, 1.165) is 0 Å². The van der Waals surface area contributed by atoms with Crippen LogP contribution in [0.2, 0.25) is 0 Å². The zero-order valence-electron chi connectivity index (χ0n) is 13.6. The Balaban J connectivity index is 2.15. The van der Waals surface area contributed by atoms with Crippen LogP contribution in [-0.2, 0) is 11.9 Å². The van der Waals surface area contributed by atoms with Gasteiger partial charge in [0.1, 0.15) is 17.3 Å². The van der Waals surface area contributed by atoms with Crippen LogP contribution in [0.5, 0.6) is 0 Å². The summed E-state index contributed by atoms with van der Waals surface area (Å²) in [5, 5.41) is 3.57. The van der Waals surface area contributed by atoms with Crippen LogP contribution in [0.25, 0.3) is 11.0 Å². The summed E-state index contributed by atoms with van der Waals surface area (Å²) >= 11 is 0. The smallest absolute Gasteiger partial charge is 0.279 e. The first kappa shape index (κ1) is 16.5. The van der Waals surface area contributed by atoms with Crippen molar-refractivity contribution in [1.29, 1.82) is 0 Å². The standard InChI is InChI=1S/C18H15FN4O2/c1-4-11-7-8-14(13(19)10-11)21-17-15(18(24)22-25-3)12-6-5-9-20-16(12)23(17)2/h1,5-10,21H,2-3H3,(H,22,24). The Bertz CT molecular complexity index is 1000. The maximum atomic E-state index is 14.3. The highest BCUT2D eigenvalue weighted by Gasteiger charge is 2.22. The second-order valence-corrected chi connectivity index (χ2v) is 5.26. The molecule has 1 aromatic carbocycles. The third kappa shape index (κ3) is 2.91. The van der Waals surface area contributed by atoms with Gasteiger partial charge >= 0.3 is 0 Å². The van der Waals surface area contributed by atoms with Crippen molar-refractivity contribution in [2.24, 2.45) is 7.05 Å².